The zero-order valence-electron chi connectivity index (χ0n) is 15.4. The summed E-state index contributed by atoms with van der Waals surface area (Å²) in [5.41, 5.74) is 2.26. The molecule has 2 amide bonds. The van der Waals surface area contributed by atoms with Crippen LogP contribution in [0.4, 0.5) is 5.69 Å². The van der Waals surface area contributed by atoms with E-state index in [1.165, 1.54) is 0 Å². The monoisotopic (exact) mass is 1100 g/mol. The second kappa shape index (κ2) is 12.2. The molecule has 2 rings (SSSR count). The number of carboxylic acids is 1. The standard InChI is InChI=1S/C18H12I6N2O5/c1-5-7(19)2-8(20)10(12(5)21)17(29)25-3-9(28)26-16-14(23)6(4-27)13(22)11(15(16)24)18(30)31/h2,27H,3-4H2,1H3,(H,25,29)(H,26,28)(H,30,31). The molecule has 31 heavy (non-hydrogen) atoms. The van der Waals surface area contributed by atoms with E-state index >= 15 is 0 Å². The normalized spacial score (nSPS) is 10.7. The quantitative estimate of drug-likeness (QED) is 0.298. The lowest BCUT2D eigenvalue weighted by Crippen LogP contribution is -2.34. The number of aromatic carboxylic acids is 1. The number of nitrogens with one attached hydrogen (secondary N) is 2. The first-order valence-electron chi connectivity index (χ1n) is 8.17. The highest BCUT2D eigenvalue weighted by Gasteiger charge is 2.25. The Labute approximate surface area is 259 Å². The van der Waals surface area contributed by atoms with E-state index in [1.54, 1.807) is 0 Å². The fourth-order valence-corrected chi connectivity index (χ4v) is 10.6. The third kappa shape index (κ3) is 6.45. The number of hydrogen-bond acceptors (Lipinski definition) is 4. The Hall–Kier alpha value is 1.19. The second-order valence-corrected chi connectivity index (χ2v) is 12.7. The van der Waals surface area contributed by atoms with Crippen molar-refractivity contribution in [3.8, 4) is 0 Å². The van der Waals surface area contributed by atoms with Crippen LogP contribution in [-0.4, -0.2) is 34.5 Å². The number of hydrogen-bond donors (Lipinski definition) is 4. The molecule has 0 spiro atoms. The van der Waals surface area contributed by atoms with Crippen molar-refractivity contribution in [3.05, 3.63) is 49.7 Å². The molecule has 0 radical (unpaired) electrons. The molecule has 0 bridgehead atoms. The highest BCUT2D eigenvalue weighted by molar-refractivity contribution is 14.1. The average molecular weight is 1100 g/mol. The predicted octanol–water partition coefficient (Wildman–Crippen LogP) is 5.18. The number of carboxylic acid groups (broad SMARTS) is 1. The molecule has 13 heteroatoms. The number of rotatable bonds is 6. The Balaban J connectivity index is 2.27. The molecule has 0 unspecified atom stereocenters. The molecule has 0 aliphatic carbocycles. The summed E-state index contributed by atoms with van der Waals surface area (Å²) in [5, 5.41) is 24.5. The number of aliphatic hydroxyl groups excluding tert-OH is 1. The van der Waals surface area contributed by atoms with Gasteiger partial charge in [0.2, 0.25) is 5.91 Å². The molecule has 2 aromatic carbocycles. The molecule has 0 saturated heterocycles. The summed E-state index contributed by atoms with van der Waals surface area (Å²) in [6.07, 6.45) is 0. The van der Waals surface area contributed by atoms with Crippen LogP contribution < -0.4 is 10.6 Å². The first kappa shape index (κ1) is 28.4. The topological polar surface area (TPSA) is 116 Å². The molecular formula is C18H12I6N2O5. The van der Waals surface area contributed by atoms with Gasteiger partial charge in [0.05, 0.1) is 33.5 Å². The van der Waals surface area contributed by atoms with Crippen LogP contribution in [0.25, 0.3) is 0 Å². The molecule has 0 atom stereocenters. The molecular weight excluding hydrogens is 1090 g/mol. The number of carbonyl (C=O) groups is 3. The Kier molecular flexibility index (Phi) is 11.2. The van der Waals surface area contributed by atoms with Crippen molar-refractivity contribution in [2.45, 2.75) is 13.5 Å². The zero-order valence-corrected chi connectivity index (χ0v) is 28.3. The van der Waals surface area contributed by atoms with Crippen molar-refractivity contribution in [2.24, 2.45) is 0 Å². The van der Waals surface area contributed by atoms with Gasteiger partial charge in [-0.25, -0.2) is 4.79 Å². The molecule has 0 aliphatic rings. The SMILES string of the molecule is Cc1c(I)cc(I)c(C(=O)NCC(=O)Nc2c(I)c(CO)c(I)c(C(=O)O)c2I)c1I. The Bertz CT molecular complexity index is 1110. The lowest BCUT2D eigenvalue weighted by molar-refractivity contribution is -0.115. The number of carbonyl (C=O) groups excluding carboxylic acids is 2. The van der Waals surface area contributed by atoms with Crippen molar-refractivity contribution in [3.63, 3.8) is 0 Å². The van der Waals surface area contributed by atoms with Gasteiger partial charge in [-0.05, 0) is 154 Å². The van der Waals surface area contributed by atoms with Gasteiger partial charge in [-0.15, -0.1) is 0 Å². The minimum Gasteiger partial charge on any atom is -0.478 e. The summed E-state index contributed by atoms with van der Waals surface area (Å²) in [5.74, 6) is -2.02. The van der Waals surface area contributed by atoms with Crippen LogP contribution in [0.3, 0.4) is 0 Å². The van der Waals surface area contributed by atoms with E-state index in [9.17, 15) is 24.6 Å². The molecule has 2 aromatic rings. The summed E-state index contributed by atoms with van der Waals surface area (Å²) < 4.78 is 4.00. The van der Waals surface area contributed by atoms with Crippen LogP contribution in [0.5, 0.6) is 0 Å². The second-order valence-electron chi connectivity index (χ2n) is 6.02. The first-order chi connectivity index (χ1) is 14.4. The van der Waals surface area contributed by atoms with Gasteiger partial charge in [0.25, 0.3) is 5.91 Å². The molecule has 0 saturated carbocycles. The number of aliphatic hydroxyl groups is 1. The molecule has 0 heterocycles. The average Bonchev–Trinajstić information content (AvgIpc) is 2.68. The Morgan fingerprint density at radius 2 is 1.52 bits per heavy atom. The molecule has 7 nitrogen and oxygen atoms in total. The van der Waals surface area contributed by atoms with E-state index in [0.29, 0.717) is 27.5 Å². The summed E-state index contributed by atoms with van der Waals surface area (Å²) >= 11 is 12.1. The van der Waals surface area contributed by atoms with Crippen LogP contribution in [0.2, 0.25) is 0 Å². The van der Waals surface area contributed by atoms with E-state index in [2.05, 4.69) is 78.4 Å². The molecule has 166 valence electrons. The highest BCUT2D eigenvalue weighted by Crippen LogP contribution is 2.35. The van der Waals surface area contributed by atoms with Crippen LogP contribution in [-0.2, 0) is 11.4 Å². The minimum absolute atomic E-state index is 0.0171. The maximum Gasteiger partial charge on any atom is 0.337 e. The van der Waals surface area contributed by atoms with Crippen molar-refractivity contribution in [1.29, 1.82) is 0 Å². The van der Waals surface area contributed by atoms with Crippen LogP contribution in [0.1, 0.15) is 31.8 Å². The number of anilines is 1. The predicted molar refractivity (Wildman–Crippen MR) is 168 cm³/mol. The van der Waals surface area contributed by atoms with Crippen LogP contribution in [0, 0.1) is 28.3 Å². The van der Waals surface area contributed by atoms with Gasteiger partial charge < -0.3 is 20.8 Å². The zero-order chi connectivity index (χ0) is 23.6. The van der Waals surface area contributed by atoms with Crippen molar-refractivity contribution < 1.29 is 24.6 Å². The van der Waals surface area contributed by atoms with Gasteiger partial charge in [0.1, 0.15) is 0 Å². The first-order valence-corrected chi connectivity index (χ1v) is 14.6. The van der Waals surface area contributed by atoms with Gasteiger partial charge in [-0.1, -0.05) is 0 Å². The van der Waals surface area contributed by atoms with Crippen molar-refractivity contribution in [1.82, 2.24) is 5.32 Å². The van der Waals surface area contributed by atoms with E-state index in [-0.39, 0.29) is 24.6 Å². The van der Waals surface area contributed by atoms with Gasteiger partial charge in [-0.2, -0.15) is 0 Å². The van der Waals surface area contributed by atoms with Gasteiger partial charge in [0, 0.05) is 23.4 Å². The van der Waals surface area contributed by atoms with E-state index in [4.69, 9.17) is 0 Å². The van der Waals surface area contributed by atoms with Gasteiger partial charge in [0.15, 0.2) is 0 Å². The molecule has 0 aromatic heterocycles. The summed E-state index contributed by atoms with van der Waals surface area (Å²) in [4.78, 5) is 37.0. The van der Waals surface area contributed by atoms with Crippen LogP contribution in [0.15, 0.2) is 6.07 Å². The summed E-state index contributed by atoms with van der Waals surface area (Å²) in [6.45, 7) is 1.28. The molecule has 4 N–H and O–H groups in total. The minimum atomic E-state index is -1.15. The van der Waals surface area contributed by atoms with E-state index in [0.717, 1.165) is 16.3 Å². The maximum atomic E-state index is 12.7. The molecule has 0 aliphatic heterocycles. The van der Waals surface area contributed by atoms with E-state index < -0.39 is 11.9 Å². The van der Waals surface area contributed by atoms with Gasteiger partial charge >= 0.3 is 5.97 Å². The van der Waals surface area contributed by atoms with E-state index in [1.807, 2.05) is 80.8 Å². The fourth-order valence-electron chi connectivity index (χ4n) is 2.48. The Morgan fingerprint density at radius 1 is 0.903 bits per heavy atom. The van der Waals surface area contributed by atoms with Gasteiger partial charge in [-0.3, -0.25) is 9.59 Å². The third-order valence-electron chi connectivity index (χ3n) is 4.08. The highest BCUT2D eigenvalue weighted by atomic mass is 127. The largest absolute Gasteiger partial charge is 0.478 e. The number of halogens is 6. The Morgan fingerprint density at radius 3 is 2.06 bits per heavy atom. The smallest absolute Gasteiger partial charge is 0.337 e. The summed E-state index contributed by atoms with van der Waals surface area (Å²) in [6, 6.07) is 1.91. The summed E-state index contributed by atoms with van der Waals surface area (Å²) in [7, 11) is 0. The third-order valence-corrected chi connectivity index (χ3v) is 10.9. The lowest BCUT2D eigenvalue weighted by Gasteiger charge is -2.17. The molecule has 0 fully saturated rings. The fraction of sp³-hybridized carbons (Fsp3) is 0.167. The number of benzene rings is 2. The van der Waals surface area contributed by atoms with Crippen molar-refractivity contribution >= 4 is 159 Å². The van der Waals surface area contributed by atoms with Crippen LogP contribution >= 0.6 is 136 Å². The maximum absolute atomic E-state index is 12.7. The number of amides is 2. The van der Waals surface area contributed by atoms with Crippen molar-refractivity contribution in [2.75, 3.05) is 11.9 Å². The lowest BCUT2D eigenvalue weighted by atomic mass is 10.1.